The number of likely N-dealkylation sites (N-methyl/N-ethyl adjacent to an activating group) is 1. The Morgan fingerprint density at radius 1 is 0.976 bits per heavy atom. The second kappa shape index (κ2) is 12.5. The van der Waals surface area contributed by atoms with Gasteiger partial charge in [-0.25, -0.2) is 14.2 Å². The highest BCUT2D eigenvalue weighted by Crippen LogP contribution is 2.49. The van der Waals surface area contributed by atoms with Crippen LogP contribution >= 0.6 is 11.3 Å². The van der Waals surface area contributed by atoms with Crippen LogP contribution in [0.3, 0.4) is 0 Å². The largest absolute Gasteiger partial charge is 0.462 e. The van der Waals surface area contributed by atoms with Crippen LogP contribution < -0.4 is 10.6 Å². The fourth-order valence-electron chi connectivity index (χ4n) is 5.37. The van der Waals surface area contributed by atoms with Crippen LogP contribution in [-0.4, -0.2) is 36.0 Å². The predicted octanol–water partition coefficient (Wildman–Crippen LogP) is 8.06. The number of hydrogen-bond acceptors (Lipinski definition) is 5. The summed E-state index contributed by atoms with van der Waals surface area (Å²) in [6.07, 6.45) is 0.655. The van der Waals surface area contributed by atoms with E-state index in [9.17, 15) is 9.18 Å². The number of hydrogen-bond donors (Lipinski definition) is 2. The summed E-state index contributed by atoms with van der Waals surface area (Å²) in [5.41, 5.74) is 4.11. The SMILES string of the molecule is CCOC(=O)c1c(NC(=NC(C)(C)C)Nc2ccc(F)cc2)sc2c1CC(c1ccccc1)N(C)C2c1ccccc1. The zero-order valence-corrected chi connectivity index (χ0v) is 25.5. The molecule has 0 fully saturated rings. The van der Waals surface area contributed by atoms with Crippen LogP contribution in [0.4, 0.5) is 15.1 Å². The van der Waals surface area contributed by atoms with Crippen LogP contribution in [0, 0.1) is 5.82 Å². The van der Waals surface area contributed by atoms with Gasteiger partial charge in [0, 0.05) is 16.6 Å². The Labute approximate surface area is 251 Å². The molecular formula is C34H37FN4O2S. The van der Waals surface area contributed by atoms with Crippen molar-refractivity contribution in [3.8, 4) is 0 Å². The number of nitrogens with one attached hydrogen (secondary N) is 2. The van der Waals surface area contributed by atoms with Crippen LogP contribution in [0.25, 0.3) is 0 Å². The van der Waals surface area contributed by atoms with E-state index in [4.69, 9.17) is 9.73 Å². The Morgan fingerprint density at radius 3 is 2.19 bits per heavy atom. The van der Waals surface area contributed by atoms with Crippen molar-refractivity contribution in [2.75, 3.05) is 24.3 Å². The van der Waals surface area contributed by atoms with Crippen molar-refractivity contribution in [1.29, 1.82) is 0 Å². The molecule has 0 spiro atoms. The molecule has 6 nitrogen and oxygen atoms in total. The van der Waals surface area contributed by atoms with E-state index in [1.54, 1.807) is 23.5 Å². The number of anilines is 2. The van der Waals surface area contributed by atoms with Crippen molar-refractivity contribution in [3.05, 3.63) is 118 Å². The van der Waals surface area contributed by atoms with Crippen molar-refractivity contribution in [1.82, 2.24) is 4.90 Å². The van der Waals surface area contributed by atoms with Gasteiger partial charge in [-0.05, 0) is 82.1 Å². The van der Waals surface area contributed by atoms with E-state index in [0.29, 0.717) is 28.6 Å². The molecule has 3 aromatic carbocycles. The Bertz CT molecular complexity index is 1550. The van der Waals surface area contributed by atoms with Gasteiger partial charge in [0.1, 0.15) is 10.8 Å². The predicted molar refractivity (Wildman–Crippen MR) is 170 cm³/mol. The zero-order valence-electron chi connectivity index (χ0n) is 24.6. The number of guanidine groups is 1. The number of carbonyl (C=O) groups is 1. The molecule has 0 aliphatic carbocycles. The van der Waals surface area contributed by atoms with Crippen LogP contribution in [0.1, 0.15) is 71.7 Å². The molecule has 0 saturated heterocycles. The molecule has 8 heteroatoms. The van der Waals surface area contributed by atoms with Gasteiger partial charge in [-0.2, -0.15) is 0 Å². The van der Waals surface area contributed by atoms with Gasteiger partial charge in [0.25, 0.3) is 0 Å². The number of carbonyl (C=O) groups excluding carboxylic acids is 1. The van der Waals surface area contributed by atoms with Crippen molar-refractivity contribution in [3.63, 3.8) is 0 Å². The third-order valence-corrected chi connectivity index (χ3v) is 8.35. The van der Waals surface area contributed by atoms with E-state index < -0.39 is 5.54 Å². The number of benzene rings is 3. The molecule has 4 aromatic rings. The maximum Gasteiger partial charge on any atom is 0.341 e. The maximum atomic E-state index is 13.7. The molecule has 218 valence electrons. The molecule has 1 aromatic heterocycles. The number of nitrogens with zero attached hydrogens (tertiary/aromatic N) is 2. The molecule has 2 N–H and O–H groups in total. The van der Waals surface area contributed by atoms with Gasteiger partial charge in [0.15, 0.2) is 0 Å². The third kappa shape index (κ3) is 6.55. The lowest BCUT2D eigenvalue weighted by Gasteiger charge is -2.40. The minimum absolute atomic E-state index is 0.0552. The van der Waals surface area contributed by atoms with Gasteiger partial charge in [0.2, 0.25) is 5.96 Å². The van der Waals surface area contributed by atoms with E-state index in [0.717, 1.165) is 16.0 Å². The molecule has 1 aliphatic rings. The van der Waals surface area contributed by atoms with Crippen molar-refractivity contribution >= 4 is 34.0 Å². The number of thiophene rings is 1. The second-order valence-electron chi connectivity index (χ2n) is 11.4. The lowest BCUT2D eigenvalue weighted by molar-refractivity contribution is 0.0525. The summed E-state index contributed by atoms with van der Waals surface area (Å²) in [5.74, 6) is -0.220. The minimum Gasteiger partial charge on any atom is -0.462 e. The molecule has 42 heavy (non-hydrogen) atoms. The number of rotatable bonds is 6. The van der Waals surface area contributed by atoms with Gasteiger partial charge in [0.05, 0.1) is 23.8 Å². The molecular weight excluding hydrogens is 547 g/mol. The first kappa shape index (κ1) is 29.5. The molecule has 0 bridgehead atoms. The summed E-state index contributed by atoms with van der Waals surface area (Å²) >= 11 is 1.55. The van der Waals surface area contributed by atoms with E-state index in [1.165, 1.54) is 17.7 Å². The average Bonchev–Trinajstić information content (AvgIpc) is 3.31. The van der Waals surface area contributed by atoms with Crippen LogP contribution in [0.15, 0.2) is 89.9 Å². The van der Waals surface area contributed by atoms with Crippen LogP contribution in [0.5, 0.6) is 0 Å². The first-order chi connectivity index (χ1) is 20.1. The first-order valence-corrected chi connectivity index (χ1v) is 15.0. The molecule has 2 atom stereocenters. The van der Waals surface area contributed by atoms with E-state index in [1.807, 2.05) is 39.8 Å². The fraction of sp³-hybridized carbons (Fsp3) is 0.294. The van der Waals surface area contributed by atoms with Crippen molar-refractivity contribution in [2.45, 2.75) is 51.7 Å². The van der Waals surface area contributed by atoms with E-state index >= 15 is 0 Å². The normalized spacial score (nSPS) is 17.4. The Hall–Kier alpha value is -4.01. The van der Waals surface area contributed by atoms with Crippen molar-refractivity contribution < 1.29 is 13.9 Å². The van der Waals surface area contributed by atoms with Crippen LogP contribution in [0.2, 0.25) is 0 Å². The summed E-state index contributed by atoms with van der Waals surface area (Å²) in [5, 5.41) is 7.41. The van der Waals surface area contributed by atoms with Gasteiger partial charge in [-0.3, -0.25) is 4.90 Å². The highest BCUT2D eigenvalue weighted by atomic mass is 32.1. The minimum atomic E-state index is -0.429. The molecule has 0 amide bonds. The number of halogens is 1. The summed E-state index contributed by atoms with van der Waals surface area (Å²) in [7, 11) is 2.15. The van der Waals surface area contributed by atoms with Gasteiger partial charge < -0.3 is 15.4 Å². The maximum absolute atomic E-state index is 13.7. The molecule has 5 rings (SSSR count). The highest BCUT2D eigenvalue weighted by molar-refractivity contribution is 7.17. The topological polar surface area (TPSA) is 66.0 Å². The van der Waals surface area contributed by atoms with Crippen molar-refractivity contribution in [2.24, 2.45) is 4.99 Å². The van der Waals surface area contributed by atoms with Gasteiger partial charge in [-0.1, -0.05) is 60.7 Å². The smallest absolute Gasteiger partial charge is 0.341 e. The molecule has 0 radical (unpaired) electrons. The average molecular weight is 585 g/mol. The van der Waals surface area contributed by atoms with Gasteiger partial charge in [-0.15, -0.1) is 11.3 Å². The Balaban J connectivity index is 1.65. The lowest BCUT2D eigenvalue weighted by atomic mass is 9.86. The Morgan fingerprint density at radius 2 is 1.60 bits per heavy atom. The van der Waals surface area contributed by atoms with Crippen LogP contribution in [-0.2, 0) is 11.2 Å². The second-order valence-corrected chi connectivity index (χ2v) is 12.4. The number of fused-ring (bicyclic) bond motifs is 1. The number of ether oxygens (including phenoxy) is 1. The number of aliphatic imine (C=N–C) groups is 1. The van der Waals surface area contributed by atoms with E-state index in [-0.39, 0.29) is 30.5 Å². The van der Waals surface area contributed by atoms with E-state index in [2.05, 4.69) is 71.1 Å². The van der Waals surface area contributed by atoms with Gasteiger partial charge >= 0.3 is 5.97 Å². The molecule has 0 saturated carbocycles. The first-order valence-electron chi connectivity index (χ1n) is 14.2. The third-order valence-electron chi connectivity index (χ3n) is 7.15. The summed E-state index contributed by atoms with van der Waals surface area (Å²) in [6, 6.07) is 26.9. The monoisotopic (exact) mass is 584 g/mol. The molecule has 2 heterocycles. The standard InChI is InChI=1S/C34H37FN4O2S/c1-6-41-32(40)28-26-21-27(22-13-9-7-10-14-22)39(5)29(23-15-11-8-12-16-23)30(26)42-31(28)37-33(38-34(2,3)4)36-25-19-17-24(35)18-20-25/h7-20,27,29H,6,21H2,1-5H3,(H2,36,37,38). The molecule has 2 unspecified atom stereocenters. The zero-order chi connectivity index (χ0) is 29.9. The fourth-order valence-corrected chi connectivity index (χ4v) is 6.76. The number of esters is 1. The quantitative estimate of drug-likeness (QED) is 0.136. The highest BCUT2D eigenvalue weighted by Gasteiger charge is 2.39. The summed E-state index contributed by atoms with van der Waals surface area (Å²) in [6.45, 7) is 8.08. The summed E-state index contributed by atoms with van der Waals surface area (Å²) < 4.78 is 19.3. The Kier molecular flexibility index (Phi) is 8.75. The summed E-state index contributed by atoms with van der Waals surface area (Å²) in [4.78, 5) is 22.0. The molecule has 1 aliphatic heterocycles. The lowest BCUT2D eigenvalue weighted by Crippen LogP contribution is -2.35.